The smallest absolute Gasteiger partial charge is 0.244 e. The molecule has 1 heterocycles. The molecule has 3 rings (SSSR count). The molecule has 1 N–H and O–H groups in total. The fraction of sp³-hybridized carbons (Fsp3) is 0.238. The van der Waals surface area contributed by atoms with Crippen LogP contribution in [0.25, 0.3) is 11.3 Å². The Morgan fingerprint density at radius 2 is 1.55 bits per heavy atom. The summed E-state index contributed by atoms with van der Waals surface area (Å²) >= 11 is 0. The van der Waals surface area contributed by atoms with Gasteiger partial charge in [-0.3, -0.25) is 0 Å². The molecule has 10 heteroatoms. The zero-order valence-corrected chi connectivity index (χ0v) is 18.2. The standard InChI is InChI=1S/C21H23N3O6S/c1-27-16-6-4-15(5-7-16)18-9-11-21(24-23-18)30-13-12-22-31(25,26)20-14-17(28-2)8-10-19(20)29-3/h4-11,14,22H,12-13H2,1-3H3. The molecule has 0 spiro atoms. The van der Waals surface area contributed by atoms with Crippen LogP contribution in [0.5, 0.6) is 23.1 Å². The van der Waals surface area contributed by atoms with Crippen molar-refractivity contribution in [1.29, 1.82) is 0 Å². The number of hydrogen-bond donors (Lipinski definition) is 1. The Kier molecular flexibility index (Phi) is 7.27. The molecule has 0 atom stereocenters. The van der Waals surface area contributed by atoms with E-state index in [4.69, 9.17) is 18.9 Å². The summed E-state index contributed by atoms with van der Waals surface area (Å²) in [6, 6.07) is 15.4. The molecule has 0 radical (unpaired) electrons. The van der Waals surface area contributed by atoms with Crippen LogP contribution in [0.2, 0.25) is 0 Å². The highest BCUT2D eigenvalue weighted by Crippen LogP contribution is 2.28. The number of methoxy groups -OCH3 is 3. The fourth-order valence-corrected chi connectivity index (χ4v) is 3.91. The maximum Gasteiger partial charge on any atom is 0.244 e. The third kappa shape index (κ3) is 5.62. The Hall–Kier alpha value is -3.37. The van der Waals surface area contributed by atoms with E-state index in [-0.39, 0.29) is 29.7 Å². The van der Waals surface area contributed by atoms with Gasteiger partial charge in [0.1, 0.15) is 28.8 Å². The number of hydrogen-bond acceptors (Lipinski definition) is 8. The van der Waals surface area contributed by atoms with E-state index in [0.29, 0.717) is 11.4 Å². The fourth-order valence-electron chi connectivity index (χ4n) is 2.72. The lowest BCUT2D eigenvalue weighted by molar-refractivity contribution is 0.307. The van der Waals surface area contributed by atoms with Crippen LogP contribution in [-0.4, -0.2) is 53.1 Å². The molecule has 3 aromatic rings. The minimum atomic E-state index is -3.82. The van der Waals surface area contributed by atoms with Gasteiger partial charge in [-0.05, 0) is 42.5 Å². The van der Waals surface area contributed by atoms with Crippen LogP contribution in [0, 0.1) is 0 Å². The molecule has 9 nitrogen and oxygen atoms in total. The minimum Gasteiger partial charge on any atom is -0.497 e. The van der Waals surface area contributed by atoms with Crippen molar-refractivity contribution >= 4 is 10.0 Å². The Morgan fingerprint density at radius 1 is 0.839 bits per heavy atom. The van der Waals surface area contributed by atoms with E-state index in [9.17, 15) is 8.42 Å². The summed E-state index contributed by atoms with van der Waals surface area (Å²) in [5.74, 6) is 1.67. The number of nitrogens with one attached hydrogen (secondary N) is 1. The molecule has 0 aliphatic rings. The van der Waals surface area contributed by atoms with Gasteiger partial charge < -0.3 is 18.9 Å². The summed E-state index contributed by atoms with van der Waals surface area (Å²) in [4.78, 5) is -0.0158. The first-order valence-electron chi connectivity index (χ1n) is 9.29. The van der Waals surface area contributed by atoms with Gasteiger partial charge >= 0.3 is 0 Å². The normalized spacial score (nSPS) is 11.1. The number of nitrogens with zero attached hydrogens (tertiary/aromatic N) is 2. The summed E-state index contributed by atoms with van der Waals surface area (Å²) in [5.41, 5.74) is 1.57. The SMILES string of the molecule is COc1ccc(-c2ccc(OCCNS(=O)(=O)c3cc(OC)ccc3OC)nn2)cc1. The average molecular weight is 445 g/mol. The largest absolute Gasteiger partial charge is 0.497 e. The highest BCUT2D eigenvalue weighted by atomic mass is 32.2. The van der Waals surface area contributed by atoms with E-state index in [1.54, 1.807) is 25.3 Å². The first-order valence-corrected chi connectivity index (χ1v) is 10.8. The number of rotatable bonds is 10. The topological polar surface area (TPSA) is 109 Å². The number of ether oxygens (including phenoxy) is 4. The van der Waals surface area contributed by atoms with Crippen LogP contribution in [-0.2, 0) is 10.0 Å². The zero-order valence-electron chi connectivity index (χ0n) is 17.4. The van der Waals surface area contributed by atoms with E-state index >= 15 is 0 Å². The van der Waals surface area contributed by atoms with Crippen molar-refractivity contribution in [3.8, 4) is 34.4 Å². The third-order valence-electron chi connectivity index (χ3n) is 4.33. The van der Waals surface area contributed by atoms with E-state index in [1.807, 2.05) is 24.3 Å². The quantitative estimate of drug-likeness (QED) is 0.474. The molecule has 0 saturated carbocycles. The molecular weight excluding hydrogens is 422 g/mol. The van der Waals surface area contributed by atoms with Crippen LogP contribution >= 0.6 is 0 Å². The lowest BCUT2D eigenvalue weighted by atomic mass is 10.1. The average Bonchev–Trinajstić information content (AvgIpc) is 2.82. The maximum atomic E-state index is 12.6. The summed E-state index contributed by atoms with van der Waals surface area (Å²) in [6.45, 7) is 0.104. The summed E-state index contributed by atoms with van der Waals surface area (Å²) in [7, 11) is 0.645. The van der Waals surface area contributed by atoms with Gasteiger partial charge in [0.25, 0.3) is 0 Å². The maximum absolute atomic E-state index is 12.6. The van der Waals surface area contributed by atoms with Crippen LogP contribution in [0.1, 0.15) is 0 Å². The van der Waals surface area contributed by atoms with Gasteiger partial charge in [-0.25, -0.2) is 13.1 Å². The Balaban J connectivity index is 1.56. The number of benzene rings is 2. The van der Waals surface area contributed by atoms with Gasteiger partial charge in [0.15, 0.2) is 0 Å². The lowest BCUT2D eigenvalue weighted by Crippen LogP contribution is -2.28. The molecule has 164 valence electrons. The van der Waals surface area contributed by atoms with Gasteiger partial charge in [-0.15, -0.1) is 10.2 Å². The molecular formula is C21H23N3O6S. The molecule has 0 unspecified atom stereocenters. The van der Waals surface area contributed by atoms with Crippen LogP contribution in [0.3, 0.4) is 0 Å². The highest BCUT2D eigenvalue weighted by Gasteiger charge is 2.20. The van der Waals surface area contributed by atoms with Crippen molar-refractivity contribution in [1.82, 2.24) is 14.9 Å². The number of sulfonamides is 1. The second-order valence-electron chi connectivity index (χ2n) is 6.25. The first-order chi connectivity index (χ1) is 15.0. The molecule has 0 fully saturated rings. The molecule has 0 aliphatic heterocycles. The van der Waals surface area contributed by atoms with Crippen LogP contribution in [0.15, 0.2) is 59.5 Å². The second kappa shape index (κ2) is 10.1. The van der Waals surface area contributed by atoms with Crippen molar-refractivity contribution in [3.05, 3.63) is 54.6 Å². The van der Waals surface area contributed by atoms with Crippen LogP contribution < -0.4 is 23.7 Å². The van der Waals surface area contributed by atoms with Crippen molar-refractivity contribution in [2.24, 2.45) is 0 Å². The minimum absolute atomic E-state index is 0.0158. The number of aromatic nitrogens is 2. The Bertz CT molecular complexity index is 1100. The van der Waals surface area contributed by atoms with E-state index < -0.39 is 10.0 Å². The van der Waals surface area contributed by atoms with Crippen molar-refractivity contribution in [2.75, 3.05) is 34.5 Å². The van der Waals surface area contributed by atoms with Gasteiger partial charge in [-0.1, -0.05) is 0 Å². The summed E-state index contributed by atoms with van der Waals surface area (Å²) < 4.78 is 48.5. The molecule has 31 heavy (non-hydrogen) atoms. The van der Waals surface area contributed by atoms with Crippen LogP contribution in [0.4, 0.5) is 0 Å². The second-order valence-corrected chi connectivity index (χ2v) is 7.98. The Morgan fingerprint density at radius 3 is 2.16 bits per heavy atom. The zero-order chi connectivity index (χ0) is 22.3. The van der Waals surface area contributed by atoms with Crippen molar-refractivity contribution in [3.63, 3.8) is 0 Å². The molecule has 2 aromatic carbocycles. The van der Waals surface area contributed by atoms with E-state index in [1.165, 1.54) is 26.4 Å². The molecule has 1 aromatic heterocycles. The first kappa shape index (κ1) is 22.3. The van der Waals surface area contributed by atoms with E-state index in [2.05, 4.69) is 14.9 Å². The Labute approximate surface area is 181 Å². The molecule has 0 amide bonds. The van der Waals surface area contributed by atoms with Gasteiger partial charge in [0.2, 0.25) is 15.9 Å². The summed E-state index contributed by atoms with van der Waals surface area (Å²) in [6.07, 6.45) is 0. The predicted molar refractivity (Wildman–Crippen MR) is 114 cm³/mol. The molecule has 0 saturated heterocycles. The predicted octanol–water partition coefficient (Wildman–Crippen LogP) is 2.53. The summed E-state index contributed by atoms with van der Waals surface area (Å²) in [5, 5.41) is 8.16. The molecule has 0 aliphatic carbocycles. The van der Waals surface area contributed by atoms with Crippen molar-refractivity contribution in [2.45, 2.75) is 4.90 Å². The van der Waals surface area contributed by atoms with Gasteiger partial charge in [0.05, 0.1) is 27.0 Å². The van der Waals surface area contributed by atoms with Gasteiger partial charge in [0, 0.05) is 24.2 Å². The van der Waals surface area contributed by atoms with E-state index in [0.717, 1.165) is 11.3 Å². The lowest BCUT2D eigenvalue weighted by Gasteiger charge is -2.12. The molecule has 0 bridgehead atoms. The third-order valence-corrected chi connectivity index (χ3v) is 5.81. The monoisotopic (exact) mass is 445 g/mol. The highest BCUT2D eigenvalue weighted by molar-refractivity contribution is 7.89. The van der Waals surface area contributed by atoms with Gasteiger partial charge in [-0.2, -0.15) is 0 Å². The van der Waals surface area contributed by atoms with Crippen molar-refractivity contribution < 1.29 is 27.4 Å².